The molecule has 0 aliphatic carbocycles. The third-order valence-corrected chi connectivity index (χ3v) is 3.64. The lowest BCUT2D eigenvalue weighted by Gasteiger charge is -2.09. The van der Waals surface area contributed by atoms with Crippen LogP contribution < -0.4 is 4.74 Å². The fourth-order valence-corrected chi connectivity index (χ4v) is 2.48. The summed E-state index contributed by atoms with van der Waals surface area (Å²) >= 11 is 0. The summed E-state index contributed by atoms with van der Waals surface area (Å²) in [4.78, 5) is 11.6. The Bertz CT molecular complexity index is 801. The Morgan fingerprint density at radius 3 is 2.43 bits per heavy atom. The number of rotatable bonds is 5. The molecule has 3 aromatic rings. The number of benzene rings is 3. The van der Waals surface area contributed by atoms with E-state index in [0.29, 0.717) is 18.8 Å². The van der Waals surface area contributed by atoms with E-state index in [1.54, 1.807) is 31.2 Å². The van der Waals surface area contributed by atoms with E-state index in [-0.39, 0.29) is 5.97 Å². The van der Waals surface area contributed by atoms with Crippen molar-refractivity contribution >= 4 is 16.7 Å². The van der Waals surface area contributed by atoms with Gasteiger partial charge in [-0.3, -0.25) is 0 Å². The van der Waals surface area contributed by atoms with Crippen LogP contribution in [0.3, 0.4) is 0 Å². The van der Waals surface area contributed by atoms with Gasteiger partial charge in [-0.25, -0.2) is 4.79 Å². The molecule has 116 valence electrons. The van der Waals surface area contributed by atoms with Gasteiger partial charge in [0.25, 0.3) is 0 Å². The zero-order valence-electron chi connectivity index (χ0n) is 13.0. The number of ether oxygens (including phenoxy) is 2. The lowest BCUT2D eigenvalue weighted by atomic mass is 10.1. The second-order valence-corrected chi connectivity index (χ2v) is 5.17. The molecule has 0 saturated carbocycles. The molecular formula is C20H18O3. The Labute approximate surface area is 135 Å². The van der Waals surface area contributed by atoms with Gasteiger partial charge < -0.3 is 9.47 Å². The average Bonchev–Trinajstić information content (AvgIpc) is 2.60. The number of carbonyl (C=O) groups excluding carboxylic acids is 1. The maximum Gasteiger partial charge on any atom is 0.338 e. The summed E-state index contributed by atoms with van der Waals surface area (Å²) in [7, 11) is 0. The van der Waals surface area contributed by atoms with Gasteiger partial charge in [0.1, 0.15) is 12.4 Å². The Balaban J connectivity index is 1.71. The lowest BCUT2D eigenvalue weighted by Crippen LogP contribution is -2.04. The molecule has 0 N–H and O–H groups in total. The van der Waals surface area contributed by atoms with Gasteiger partial charge in [0.2, 0.25) is 0 Å². The van der Waals surface area contributed by atoms with Crippen molar-refractivity contribution in [1.82, 2.24) is 0 Å². The lowest BCUT2D eigenvalue weighted by molar-refractivity contribution is 0.0526. The van der Waals surface area contributed by atoms with Crippen LogP contribution in [-0.2, 0) is 11.3 Å². The molecule has 3 nitrogen and oxygen atoms in total. The highest BCUT2D eigenvalue weighted by atomic mass is 16.5. The number of esters is 1. The van der Waals surface area contributed by atoms with Gasteiger partial charge in [0, 0.05) is 0 Å². The standard InChI is InChI=1S/C20H18O3/c1-2-22-20(21)16-10-12-18(13-11-16)23-14-17-8-5-7-15-6-3-4-9-19(15)17/h3-13H,2,14H2,1H3. The molecule has 0 fully saturated rings. The van der Waals surface area contributed by atoms with Crippen molar-refractivity contribution in [3.63, 3.8) is 0 Å². The van der Waals surface area contributed by atoms with Crippen molar-refractivity contribution in [2.75, 3.05) is 6.61 Å². The molecule has 3 rings (SSSR count). The van der Waals surface area contributed by atoms with Crippen molar-refractivity contribution in [3.8, 4) is 5.75 Å². The molecule has 0 amide bonds. The van der Waals surface area contributed by atoms with Gasteiger partial charge in [-0.15, -0.1) is 0 Å². The minimum atomic E-state index is -0.312. The Kier molecular flexibility index (Phi) is 4.57. The van der Waals surface area contributed by atoms with E-state index in [1.165, 1.54) is 10.8 Å². The van der Waals surface area contributed by atoms with E-state index in [1.807, 2.05) is 18.2 Å². The first-order chi connectivity index (χ1) is 11.3. The van der Waals surface area contributed by atoms with Crippen molar-refractivity contribution < 1.29 is 14.3 Å². The molecule has 3 heteroatoms. The Morgan fingerprint density at radius 1 is 0.913 bits per heavy atom. The number of carbonyl (C=O) groups is 1. The highest BCUT2D eigenvalue weighted by Crippen LogP contribution is 2.21. The van der Waals surface area contributed by atoms with Crippen LogP contribution in [0.5, 0.6) is 5.75 Å². The van der Waals surface area contributed by atoms with Crippen LogP contribution in [0.4, 0.5) is 0 Å². The summed E-state index contributed by atoms with van der Waals surface area (Å²) in [6, 6.07) is 21.4. The number of hydrogen-bond acceptors (Lipinski definition) is 3. The van der Waals surface area contributed by atoms with Crippen LogP contribution in [0.2, 0.25) is 0 Å². The molecule has 0 aromatic heterocycles. The van der Waals surface area contributed by atoms with Crippen LogP contribution in [0.15, 0.2) is 66.7 Å². The fourth-order valence-electron chi connectivity index (χ4n) is 2.48. The summed E-state index contributed by atoms with van der Waals surface area (Å²) in [5, 5.41) is 2.39. The second-order valence-electron chi connectivity index (χ2n) is 5.17. The van der Waals surface area contributed by atoms with Crippen LogP contribution in [0, 0.1) is 0 Å². The third kappa shape index (κ3) is 3.51. The second kappa shape index (κ2) is 6.97. The van der Waals surface area contributed by atoms with Gasteiger partial charge >= 0.3 is 5.97 Å². The third-order valence-electron chi connectivity index (χ3n) is 3.64. The Hall–Kier alpha value is -2.81. The van der Waals surface area contributed by atoms with Crippen LogP contribution in [0.25, 0.3) is 10.8 Å². The van der Waals surface area contributed by atoms with Gasteiger partial charge in [0.15, 0.2) is 0 Å². The molecule has 0 radical (unpaired) electrons. The molecular weight excluding hydrogens is 288 g/mol. The minimum absolute atomic E-state index is 0.312. The molecule has 0 unspecified atom stereocenters. The molecule has 0 aliphatic rings. The quantitative estimate of drug-likeness (QED) is 0.646. The van der Waals surface area contributed by atoms with E-state index in [9.17, 15) is 4.79 Å². The topological polar surface area (TPSA) is 35.5 Å². The van der Waals surface area contributed by atoms with Gasteiger partial charge in [-0.05, 0) is 47.5 Å². The van der Waals surface area contributed by atoms with E-state index < -0.39 is 0 Å². The number of fused-ring (bicyclic) bond motifs is 1. The van der Waals surface area contributed by atoms with Gasteiger partial charge in [0.05, 0.1) is 12.2 Å². The Morgan fingerprint density at radius 2 is 1.65 bits per heavy atom. The molecule has 3 aromatic carbocycles. The molecule has 0 aliphatic heterocycles. The predicted octanol–water partition coefficient (Wildman–Crippen LogP) is 4.60. The SMILES string of the molecule is CCOC(=O)c1ccc(OCc2cccc3ccccc23)cc1. The van der Waals surface area contributed by atoms with Crippen molar-refractivity contribution in [2.45, 2.75) is 13.5 Å². The average molecular weight is 306 g/mol. The molecule has 0 atom stereocenters. The molecule has 0 saturated heterocycles. The van der Waals surface area contributed by atoms with Crippen molar-refractivity contribution in [2.24, 2.45) is 0 Å². The molecule has 23 heavy (non-hydrogen) atoms. The first-order valence-corrected chi connectivity index (χ1v) is 7.64. The monoisotopic (exact) mass is 306 g/mol. The van der Waals surface area contributed by atoms with E-state index in [2.05, 4.69) is 24.3 Å². The largest absolute Gasteiger partial charge is 0.489 e. The van der Waals surface area contributed by atoms with Crippen LogP contribution in [-0.4, -0.2) is 12.6 Å². The molecule has 0 spiro atoms. The first-order valence-electron chi connectivity index (χ1n) is 7.64. The highest BCUT2D eigenvalue weighted by molar-refractivity contribution is 5.89. The summed E-state index contributed by atoms with van der Waals surface area (Å²) in [5.41, 5.74) is 1.67. The van der Waals surface area contributed by atoms with Crippen molar-refractivity contribution in [1.29, 1.82) is 0 Å². The maximum atomic E-state index is 11.6. The zero-order chi connectivity index (χ0) is 16.1. The summed E-state index contributed by atoms with van der Waals surface area (Å²) < 4.78 is 10.8. The van der Waals surface area contributed by atoms with Gasteiger partial charge in [-0.2, -0.15) is 0 Å². The first kappa shape index (κ1) is 15.1. The summed E-state index contributed by atoms with van der Waals surface area (Å²) in [6.45, 7) is 2.65. The summed E-state index contributed by atoms with van der Waals surface area (Å²) in [5.74, 6) is 0.416. The predicted molar refractivity (Wildman–Crippen MR) is 90.7 cm³/mol. The van der Waals surface area contributed by atoms with E-state index in [4.69, 9.17) is 9.47 Å². The molecule has 0 bridgehead atoms. The maximum absolute atomic E-state index is 11.6. The minimum Gasteiger partial charge on any atom is -0.489 e. The normalized spacial score (nSPS) is 10.5. The molecule has 0 heterocycles. The number of hydrogen-bond donors (Lipinski definition) is 0. The fraction of sp³-hybridized carbons (Fsp3) is 0.150. The van der Waals surface area contributed by atoms with E-state index in [0.717, 1.165) is 11.3 Å². The smallest absolute Gasteiger partial charge is 0.338 e. The van der Waals surface area contributed by atoms with Crippen molar-refractivity contribution in [3.05, 3.63) is 77.9 Å². The van der Waals surface area contributed by atoms with Crippen LogP contribution in [0.1, 0.15) is 22.8 Å². The highest BCUT2D eigenvalue weighted by Gasteiger charge is 2.06. The van der Waals surface area contributed by atoms with Gasteiger partial charge in [-0.1, -0.05) is 42.5 Å². The summed E-state index contributed by atoms with van der Waals surface area (Å²) in [6.07, 6.45) is 0. The zero-order valence-corrected chi connectivity index (χ0v) is 13.0. The van der Waals surface area contributed by atoms with Crippen LogP contribution >= 0.6 is 0 Å². The van der Waals surface area contributed by atoms with E-state index >= 15 is 0 Å².